The summed E-state index contributed by atoms with van der Waals surface area (Å²) in [6, 6.07) is 7.10. The van der Waals surface area contributed by atoms with Gasteiger partial charge in [0, 0.05) is 17.5 Å². The zero-order chi connectivity index (χ0) is 17.0. The highest BCUT2D eigenvalue weighted by atomic mass is 32.1. The molecule has 0 fully saturated rings. The minimum absolute atomic E-state index is 0.0811. The van der Waals surface area contributed by atoms with E-state index >= 15 is 0 Å². The third-order valence-electron chi connectivity index (χ3n) is 3.50. The molecule has 6 nitrogen and oxygen atoms in total. The Bertz CT molecular complexity index is 714. The van der Waals surface area contributed by atoms with Crippen LogP contribution in [-0.4, -0.2) is 29.3 Å². The van der Waals surface area contributed by atoms with E-state index in [2.05, 4.69) is 5.32 Å². The predicted octanol–water partition coefficient (Wildman–Crippen LogP) is 3.34. The highest BCUT2D eigenvalue weighted by Gasteiger charge is 2.18. The number of nitro groups is 1. The number of nitrogens with zero attached hydrogens (tertiary/aromatic N) is 2. The molecule has 1 aromatic heterocycles. The zero-order valence-corrected chi connectivity index (χ0v) is 14.1. The van der Waals surface area contributed by atoms with Gasteiger partial charge < -0.3 is 5.32 Å². The summed E-state index contributed by atoms with van der Waals surface area (Å²) >= 11 is 1.63. The summed E-state index contributed by atoms with van der Waals surface area (Å²) in [7, 11) is 1.84. The van der Waals surface area contributed by atoms with Gasteiger partial charge in [0.25, 0.3) is 5.69 Å². The van der Waals surface area contributed by atoms with Crippen LogP contribution in [0.2, 0.25) is 0 Å². The number of carbonyl (C=O) groups excluding carboxylic acids is 1. The summed E-state index contributed by atoms with van der Waals surface area (Å²) < 4.78 is 0. The monoisotopic (exact) mass is 333 g/mol. The molecular weight excluding hydrogens is 314 g/mol. The van der Waals surface area contributed by atoms with Gasteiger partial charge in [-0.3, -0.25) is 19.8 Å². The number of thiophene rings is 1. The molecule has 0 saturated heterocycles. The number of rotatable bonds is 6. The van der Waals surface area contributed by atoms with E-state index in [1.165, 1.54) is 6.07 Å². The first-order chi connectivity index (χ1) is 10.9. The van der Waals surface area contributed by atoms with E-state index in [0.29, 0.717) is 6.54 Å². The Hall–Kier alpha value is -2.25. The molecule has 2 rings (SSSR count). The van der Waals surface area contributed by atoms with Crippen LogP contribution in [0.4, 0.5) is 11.4 Å². The van der Waals surface area contributed by atoms with Crippen molar-refractivity contribution in [2.24, 2.45) is 0 Å². The summed E-state index contributed by atoms with van der Waals surface area (Å²) in [5, 5.41) is 15.8. The summed E-state index contributed by atoms with van der Waals surface area (Å²) in [4.78, 5) is 25.9. The third kappa shape index (κ3) is 4.61. The van der Waals surface area contributed by atoms with E-state index in [0.717, 1.165) is 16.0 Å². The molecule has 0 spiro atoms. The second kappa shape index (κ2) is 7.34. The van der Waals surface area contributed by atoms with E-state index in [9.17, 15) is 14.9 Å². The number of carbonyl (C=O) groups is 1. The Kier molecular flexibility index (Phi) is 5.46. The fourth-order valence-corrected chi connectivity index (χ4v) is 3.00. The topological polar surface area (TPSA) is 75.5 Å². The number of likely N-dealkylation sites (N-methyl/N-ethyl adjacent to an activating group) is 1. The van der Waals surface area contributed by atoms with Crippen molar-refractivity contribution in [2.45, 2.75) is 20.4 Å². The van der Waals surface area contributed by atoms with E-state index in [1.54, 1.807) is 17.4 Å². The maximum absolute atomic E-state index is 12.2. The summed E-state index contributed by atoms with van der Waals surface area (Å²) in [6.07, 6.45) is 0. The second-order valence-electron chi connectivity index (χ2n) is 5.51. The smallest absolute Gasteiger partial charge is 0.293 e. The number of aryl methyl sites for hydroxylation is 2. The first-order valence-corrected chi connectivity index (χ1v) is 8.01. The third-order valence-corrected chi connectivity index (χ3v) is 4.36. The van der Waals surface area contributed by atoms with Crippen LogP contribution in [0.15, 0.2) is 29.6 Å². The molecular formula is C16H19N3O3S. The van der Waals surface area contributed by atoms with Gasteiger partial charge in [-0.2, -0.15) is 0 Å². The van der Waals surface area contributed by atoms with Crippen LogP contribution in [0.5, 0.6) is 0 Å². The van der Waals surface area contributed by atoms with E-state index in [1.807, 2.05) is 43.3 Å². The zero-order valence-electron chi connectivity index (χ0n) is 13.3. The minimum Gasteiger partial charge on any atom is -0.319 e. The molecule has 2 aromatic rings. The average molecular weight is 333 g/mol. The molecule has 0 saturated carbocycles. The van der Waals surface area contributed by atoms with Crippen LogP contribution < -0.4 is 5.32 Å². The van der Waals surface area contributed by atoms with Gasteiger partial charge in [-0.25, -0.2) is 0 Å². The molecule has 122 valence electrons. The van der Waals surface area contributed by atoms with Crippen LogP contribution >= 0.6 is 11.3 Å². The Balaban J connectivity index is 2.05. The van der Waals surface area contributed by atoms with Crippen LogP contribution in [-0.2, 0) is 11.3 Å². The lowest BCUT2D eigenvalue weighted by molar-refractivity contribution is -0.384. The Morgan fingerprint density at radius 3 is 2.65 bits per heavy atom. The van der Waals surface area contributed by atoms with E-state index in [-0.39, 0.29) is 23.8 Å². The van der Waals surface area contributed by atoms with Gasteiger partial charge in [0.15, 0.2) is 0 Å². The number of nitro benzene ring substituents is 1. The van der Waals surface area contributed by atoms with Crippen LogP contribution in [0.25, 0.3) is 0 Å². The van der Waals surface area contributed by atoms with E-state index < -0.39 is 4.92 Å². The fraction of sp³-hybridized carbons (Fsp3) is 0.312. The lowest BCUT2D eigenvalue weighted by atomic mass is 10.1. The lowest BCUT2D eigenvalue weighted by Gasteiger charge is -2.15. The highest BCUT2D eigenvalue weighted by Crippen LogP contribution is 2.27. The molecule has 1 heterocycles. The summed E-state index contributed by atoms with van der Waals surface area (Å²) in [6.45, 7) is 4.50. The number of benzene rings is 1. The van der Waals surface area contributed by atoms with Gasteiger partial charge >= 0.3 is 0 Å². The number of nitrogens with one attached hydrogen (secondary N) is 1. The van der Waals surface area contributed by atoms with Crippen LogP contribution in [0.1, 0.15) is 16.0 Å². The first-order valence-electron chi connectivity index (χ1n) is 7.13. The van der Waals surface area contributed by atoms with Gasteiger partial charge in [-0.05, 0) is 49.5 Å². The molecule has 1 aromatic carbocycles. The van der Waals surface area contributed by atoms with Crippen molar-refractivity contribution in [2.75, 3.05) is 18.9 Å². The number of hydrogen-bond donors (Lipinski definition) is 1. The molecule has 0 atom stereocenters. The lowest BCUT2D eigenvalue weighted by Crippen LogP contribution is -2.29. The molecule has 7 heteroatoms. The average Bonchev–Trinajstić information content (AvgIpc) is 2.94. The van der Waals surface area contributed by atoms with Crippen molar-refractivity contribution in [3.8, 4) is 0 Å². The normalized spacial score (nSPS) is 10.8. The van der Waals surface area contributed by atoms with Crippen molar-refractivity contribution in [1.82, 2.24) is 4.90 Å². The quantitative estimate of drug-likeness (QED) is 0.650. The first kappa shape index (κ1) is 17.1. The van der Waals surface area contributed by atoms with Gasteiger partial charge in [-0.15, -0.1) is 11.3 Å². The van der Waals surface area contributed by atoms with Gasteiger partial charge in [0.1, 0.15) is 5.69 Å². The van der Waals surface area contributed by atoms with Gasteiger partial charge in [-0.1, -0.05) is 6.07 Å². The molecule has 0 radical (unpaired) electrons. The largest absolute Gasteiger partial charge is 0.319 e. The molecule has 0 aliphatic carbocycles. The fourth-order valence-electron chi connectivity index (χ4n) is 2.21. The summed E-state index contributed by atoms with van der Waals surface area (Å²) in [5.41, 5.74) is 1.89. The molecule has 0 bridgehead atoms. The van der Waals surface area contributed by atoms with Crippen molar-refractivity contribution in [3.63, 3.8) is 0 Å². The van der Waals surface area contributed by atoms with Crippen molar-refractivity contribution in [1.29, 1.82) is 0 Å². The molecule has 1 N–H and O–H groups in total. The highest BCUT2D eigenvalue weighted by molar-refractivity contribution is 7.09. The Labute approximate surface area is 138 Å². The Morgan fingerprint density at radius 1 is 1.35 bits per heavy atom. The second-order valence-corrected chi connectivity index (χ2v) is 6.54. The number of anilines is 1. The van der Waals surface area contributed by atoms with Gasteiger partial charge in [0.05, 0.1) is 11.5 Å². The molecule has 0 unspecified atom stereocenters. The SMILES string of the molecule is Cc1cc(NC(=O)CN(C)Cc2cccs2)c([N+](=O)[O-])cc1C. The van der Waals surface area contributed by atoms with Gasteiger partial charge in [0.2, 0.25) is 5.91 Å². The standard InChI is InChI=1S/C16H19N3O3S/c1-11-7-14(15(19(21)22)8-12(11)2)17-16(20)10-18(3)9-13-5-4-6-23-13/h4-8H,9-10H2,1-3H3,(H,17,20). The minimum atomic E-state index is -0.475. The molecule has 0 aliphatic heterocycles. The molecule has 1 amide bonds. The van der Waals surface area contributed by atoms with Crippen LogP contribution in [0.3, 0.4) is 0 Å². The number of hydrogen-bond acceptors (Lipinski definition) is 5. The number of amides is 1. The Morgan fingerprint density at radius 2 is 2.04 bits per heavy atom. The maximum atomic E-state index is 12.2. The predicted molar refractivity (Wildman–Crippen MR) is 91.9 cm³/mol. The molecule has 23 heavy (non-hydrogen) atoms. The molecule has 0 aliphatic rings. The summed E-state index contributed by atoms with van der Waals surface area (Å²) in [5.74, 6) is -0.268. The maximum Gasteiger partial charge on any atom is 0.293 e. The van der Waals surface area contributed by atoms with Crippen molar-refractivity contribution < 1.29 is 9.72 Å². The van der Waals surface area contributed by atoms with Crippen molar-refractivity contribution in [3.05, 3.63) is 55.8 Å². The van der Waals surface area contributed by atoms with E-state index in [4.69, 9.17) is 0 Å². The van der Waals surface area contributed by atoms with Crippen molar-refractivity contribution >= 4 is 28.6 Å². The van der Waals surface area contributed by atoms with Crippen LogP contribution in [0, 0.1) is 24.0 Å².